The molecule has 0 amide bonds. The predicted octanol–water partition coefficient (Wildman–Crippen LogP) is -1.21. The maximum absolute atomic E-state index is 11.5. The maximum atomic E-state index is 11.5. The first-order valence-electron chi connectivity index (χ1n) is 7.41. The van der Waals surface area contributed by atoms with Crippen LogP contribution >= 0.6 is 0 Å². The van der Waals surface area contributed by atoms with E-state index in [9.17, 15) is 44.7 Å². The van der Waals surface area contributed by atoms with Crippen LogP contribution in [0, 0.1) is 30.3 Å². The van der Waals surface area contributed by atoms with Gasteiger partial charge in [0, 0.05) is 20.8 Å². The highest BCUT2D eigenvalue weighted by atomic mass is 16.7. The van der Waals surface area contributed by atoms with Crippen molar-refractivity contribution in [2.24, 2.45) is 0 Å². The Bertz CT molecular complexity index is 591. The van der Waals surface area contributed by atoms with E-state index in [2.05, 4.69) is 0 Å². The molecule has 0 heterocycles. The van der Waals surface area contributed by atoms with Gasteiger partial charge in [-0.2, -0.15) is 0 Å². The molecule has 16 nitrogen and oxygen atoms in total. The zero-order chi connectivity index (χ0) is 22.1. The SMILES string of the molecule is CC(=O)OCC(COC(C)=O)(COC(C)=O)N(CC([N+](=O)[O-])[N+](=O)[O-])[N+](=O)[O-]. The zero-order valence-electron chi connectivity index (χ0n) is 15.1. The van der Waals surface area contributed by atoms with Crippen LogP contribution in [0.3, 0.4) is 0 Å². The summed E-state index contributed by atoms with van der Waals surface area (Å²) in [6.07, 6.45) is -2.64. The fourth-order valence-corrected chi connectivity index (χ4v) is 1.85. The number of carbonyl (C=O) groups is 3. The van der Waals surface area contributed by atoms with Crippen molar-refractivity contribution in [1.82, 2.24) is 5.01 Å². The molecule has 0 aromatic heterocycles. The van der Waals surface area contributed by atoms with Crippen molar-refractivity contribution < 1.29 is 43.5 Å². The van der Waals surface area contributed by atoms with Crippen LogP contribution in [-0.4, -0.2) is 75.9 Å². The van der Waals surface area contributed by atoms with Gasteiger partial charge < -0.3 is 14.2 Å². The molecule has 0 aliphatic rings. The van der Waals surface area contributed by atoms with E-state index in [1.165, 1.54) is 0 Å². The topological polar surface area (TPSA) is 212 Å². The molecule has 0 rings (SSSR count). The third kappa shape index (κ3) is 7.75. The fraction of sp³-hybridized carbons (Fsp3) is 0.750. The Morgan fingerprint density at radius 1 is 0.821 bits per heavy atom. The number of hydrogen-bond donors (Lipinski definition) is 0. The number of carbonyl (C=O) groups excluding carboxylic acids is 3. The second kappa shape index (κ2) is 10.5. The minimum Gasteiger partial charge on any atom is -0.463 e. The molecule has 0 aliphatic heterocycles. The summed E-state index contributed by atoms with van der Waals surface area (Å²) in [5.41, 5.74) is -2.27. The van der Waals surface area contributed by atoms with Gasteiger partial charge in [0.25, 0.3) is 0 Å². The summed E-state index contributed by atoms with van der Waals surface area (Å²) >= 11 is 0. The zero-order valence-corrected chi connectivity index (χ0v) is 15.1. The van der Waals surface area contributed by atoms with E-state index in [0.29, 0.717) is 0 Å². The van der Waals surface area contributed by atoms with E-state index < -0.39 is 70.9 Å². The highest BCUT2D eigenvalue weighted by Crippen LogP contribution is 2.21. The smallest absolute Gasteiger partial charge is 0.463 e. The van der Waals surface area contributed by atoms with Gasteiger partial charge in [0.15, 0.2) is 5.03 Å². The summed E-state index contributed by atoms with van der Waals surface area (Å²) in [5, 5.41) is 32.0. The first-order valence-corrected chi connectivity index (χ1v) is 7.41. The van der Waals surface area contributed by atoms with Gasteiger partial charge in [0.05, 0.1) is 9.85 Å². The maximum Gasteiger partial charge on any atom is 0.473 e. The normalized spacial score (nSPS) is 10.7. The average molecular weight is 410 g/mol. The summed E-state index contributed by atoms with van der Waals surface area (Å²) in [6, 6.07) is 0. The van der Waals surface area contributed by atoms with Crippen LogP contribution in [0.1, 0.15) is 20.8 Å². The summed E-state index contributed by atoms with van der Waals surface area (Å²) < 4.78 is 14.1. The van der Waals surface area contributed by atoms with Crippen molar-refractivity contribution in [3.8, 4) is 0 Å². The predicted molar refractivity (Wildman–Crippen MR) is 84.1 cm³/mol. The molecule has 0 aromatic rings. The van der Waals surface area contributed by atoms with Crippen molar-refractivity contribution in [3.05, 3.63) is 30.3 Å². The van der Waals surface area contributed by atoms with Gasteiger partial charge in [0.1, 0.15) is 19.8 Å². The minimum atomic E-state index is -2.64. The monoisotopic (exact) mass is 410 g/mol. The molecule has 0 aliphatic carbocycles. The molecule has 0 N–H and O–H groups in total. The Balaban J connectivity index is 6.19. The summed E-state index contributed by atoms with van der Waals surface area (Å²) in [6.45, 7) is -1.36. The summed E-state index contributed by atoms with van der Waals surface area (Å²) in [4.78, 5) is 64.0. The number of esters is 3. The lowest BCUT2D eigenvalue weighted by molar-refractivity contribution is -0.765. The van der Waals surface area contributed by atoms with E-state index in [0.717, 1.165) is 20.8 Å². The quantitative estimate of drug-likeness (QED) is 0.121. The molecule has 0 atom stereocenters. The Morgan fingerprint density at radius 2 is 1.14 bits per heavy atom. The Labute approximate surface area is 156 Å². The van der Waals surface area contributed by atoms with Crippen LogP contribution < -0.4 is 0 Å². The molecular formula is C12H18N4O12. The van der Waals surface area contributed by atoms with E-state index in [1.807, 2.05) is 0 Å². The molecule has 0 unspecified atom stereocenters. The third-order valence-corrected chi connectivity index (χ3v) is 3.20. The molecule has 28 heavy (non-hydrogen) atoms. The molecule has 0 aromatic carbocycles. The van der Waals surface area contributed by atoms with Crippen molar-refractivity contribution in [2.45, 2.75) is 32.5 Å². The van der Waals surface area contributed by atoms with Gasteiger partial charge in [-0.05, 0) is 0 Å². The lowest BCUT2D eigenvalue weighted by Gasteiger charge is -2.35. The van der Waals surface area contributed by atoms with Crippen LogP contribution in [0.4, 0.5) is 0 Å². The molecule has 0 radical (unpaired) electrons. The number of hydrazine groups is 1. The van der Waals surface area contributed by atoms with Gasteiger partial charge in [-0.3, -0.25) is 34.6 Å². The highest BCUT2D eigenvalue weighted by molar-refractivity contribution is 5.67. The molecule has 0 bridgehead atoms. The first kappa shape index (κ1) is 24.4. The third-order valence-electron chi connectivity index (χ3n) is 3.20. The van der Waals surface area contributed by atoms with E-state index >= 15 is 0 Å². The van der Waals surface area contributed by atoms with Crippen LogP contribution in [0.15, 0.2) is 0 Å². The molecule has 0 saturated carbocycles. The standard InChI is InChI=1S/C12H18N4O12/c1-8(17)26-5-12(6-27-9(2)18,7-28-10(3)19)13(16(24)25)4-11(14(20)21)15(22)23/h11H,4-7H2,1-3H3. The number of ether oxygens (including phenoxy) is 3. The molecule has 16 heteroatoms. The number of nitro groups is 3. The summed E-state index contributed by atoms with van der Waals surface area (Å²) in [5.74, 6) is -2.80. The lowest BCUT2D eigenvalue weighted by Crippen LogP contribution is -2.63. The van der Waals surface area contributed by atoms with Crippen molar-refractivity contribution >= 4 is 17.9 Å². The largest absolute Gasteiger partial charge is 0.473 e. The van der Waals surface area contributed by atoms with E-state index in [4.69, 9.17) is 14.2 Å². The van der Waals surface area contributed by atoms with Crippen LogP contribution in [0.5, 0.6) is 0 Å². The van der Waals surface area contributed by atoms with Gasteiger partial charge in [-0.25, -0.2) is 10.1 Å². The highest BCUT2D eigenvalue weighted by Gasteiger charge is 2.53. The van der Waals surface area contributed by atoms with Crippen molar-refractivity contribution in [3.63, 3.8) is 0 Å². The number of hydrogen-bond acceptors (Lipinski definition) is 12. The van der Waals surface area contributed by atoms with Gasteiger partial charge in [0.2, 0.25) is 12.1 Å². The second-order valence-corrected chi connectivity index (χ2v) is 5.44. The Morgan fingerprint density at radius 3 is 1.36 bits per heavy atom. The van der Waals surface area contributed by atoms with Crippen molar-refractivity contribution in [1.29, 1.82) is 0 Å². The molecule has 0 saturated heterocycles. The van der Waals surface area contributed by atoms with E-state index in [1.54, 1.807) is 0 Å². The average Bonchev–Trinajstić information content (AvgIpc) is 2.54. The summed E-state index contributed by atoms with van der Waals surface area (Å²) in [7, 11) is 0. The van der Waals surface area contributed by atoms with Gasteiger partial charge >= 0.3 is 24.1 Å². The lowest BCUT2D eigenvalue weighted by atomic mass is 10.0. The fourth-order valence-electron chi connectivity index (χ4n) is 1.85. The molecule has 158 valence electrons. The van der Waals surface area contributed by atoms with E-state index in [-0.39, 0.29) is 5.01 Å². The molecule has 0 fully saturated rings. The van der Waals surface area contributed by atoms with Crippen LogP contribution in [0.2, 0.25) is 0 Å². The molecule has 0 spiro atoms. The second-order valence-electron chi connectivity index (χ2n) is 5.44. The molecular weight excluding hydrogens is 392 g/mol. The van der Waals surface area contributed by atoms with Crippen LogP contribution in [0.25, 0.3) is 0 Å². The van der Waals surface area contributed by atoms with Gasteiger partial charge in [-0.15, -0.1) is 0 Å². The Kier molecular flexibility index (Phi) is 9.18. The van der Waals surface area contributed by atoms with Gasteiger partial charge in [-0.1, -0.05) is 5.01 Å². The Hall–Kier alpha value is -3.59. The first-order chi connectivity index (χ1) is 12.8. The number of nitrogens with zero attached hydrogens (tertiary/aromatic N) is 4. The minimum absolute atomic E-state index is 0.0158. The number of rotatable bonds is 12. The van der Waals surface area contributed by atoms with Crippen LogP contribution in [-0.2, 0) is 28.6 Å². The van der Waals surface area contributed by atoms with Crippen molar-refractivity contribution in [2.75, 3.05) is 26.4 Å².